The standard InChI is InChI=1S/C24H32FN5O4S/c1-16(35-3)27-9-4-10-29(2)24(34)22(32)21(31)23(33)28-15-17-7-11-30(12-8-17)20-6-5-19(25)13-18(20)14-26/h4-6,9,13,17,21-22,31-32H,7-8,10-12,15H2,1-3H3,(H,28,33)/b9-4+,27-16?. The summed E-state index contributed by atoms with van der Waals surface area (Å²) >= 11 is 1.49. The van der Waals surface area contributed by atoms with Crippen molar-refractivity contribution in [1.29, 1.82) is 5.26 Å². The van der Waals surface area contributed by atoms with Crippen LogP contribution in [0, 0.1) is 23.1 Å². The van der Waals surface area contributed by atoms with Gasteiger partial charge in [-0.05, 0) is 56.2 Å². The van der Waals surface area contributed by atoms with Crippen LogP contribution >= 0.6 is 11.8 Å². The lowest BCUT2D eigenvalue weighted by atomic mass is 9.95. The highest BCUT2D eigenvalue weighted by Gasteiger charge is 2.32. The minimum atomic E-state index is -1.89. The van der Waals surface area contributed by atoms with E-state index in [1.54, 1.807) is 18.3 Å². The molecule has 2 amide bonds. The van der Waals surface area contributed by atoms with Crippen molar-refractivity contribution >= 4 is 34.3 Å². The van der Waals surface area contributed by atoms with Gasteiger partial charge in [0.1, 0.15) is 11.9 Å². The average Bonchev–Trinajstić information content (AvgIpc) is 2.88. The summed E-state index contributed by atoms with van der Waals surface area (Å²) < 4.78 is 13.4. The van der Waals surface area contributed by atoms with E-state index in [0.717, 1.165) is 5.04 Å². The van der Waals surface area contributed by atoms with Crippen LogP contribution in [-0.2, 0) is 9.59 Å². The SMILES string of the molecule is CSC(C)=N/C=C/CN(C)C(=O)C(O)C(O)C(=O)NCC1CCN(c2ccc(F)cc2C#N)CC1. The Balaban J connectivity index is 1.79. The third-order valence-corrected chi connectivity index (χ3v) is 6.53. The molecular formula is C24H32FN5O4S. The van der Waals surface area contributed by atoms with E-state index in [1.165, 1.54) is 35.8 Å². The Kier molecular flexibility index (Phi) is 11.2. The van der Waals surface area contributed by atoms with E-state index < -0.39 is 29.8 Å². The van der Waals surface area contributed by atoms with Crippen LogP contribution in [0.15, 0.2) is 35.5 Å². The van der Waals surface area contributed by atoms with Crippen molar-refractivity contribution in [2.24, 2.45) is 10.9 Å². The van der Waals surface area contributed by atoms with Gasteiger partial charge >= 0.3 is 0 Å². The zero-order valence-electron chi connectivity index (χ0n) is 20.1. The second-order valence-corrected chi connectivity index (χ2v) is 9.29. The van der Waals surface area contributed by atoms with Gasteiger partial charge in [0.15, 0.2) is 12.2 Å². The number of aliphatic imine (C=N–C) groups is 1. The molecule has 2 rings (SSSR count). The molecular weight excluding hydrogens is 473 g/mol. The molecule has 0 saturated carbocycles. The third-order valence-electron chi connectivity index (χ3n) is 5.83. The second kappa shape index (κ2) is 13.8. The number of halogens is 1. The maximum atomic E-state index is 13.4. The maximum absolute atomic E-state index is 13.4. The number of hydrogen-bond donors (Lipinski definition) is 3. The van der Waals surface area contributed by atoms with Crippen LogP contribution in [0.4, 0.5) is 10.1 Å². The number of aliphatic hydroxyl groups is 2. The first-order valence-corrected chi connectivity index (χ1v) is 12.5. The summed E-state index contributed by atoms with van der Waals surface area (Å²) in [6.07, 6.45) is 2.74. The van der Waals surface area contributed by atoms with Crippen LogP contribution in [0.5, 0.6) is 0 Å². The molecule has 3 N–H and O–H groups in total. The smallest absolute Gasteiger partial charge is 0.254 e. The van der Waals surface area contributed by atoms with E-state index in [0.29, 0.717) is 31.6 Å². The number of anilines is 1. The minimum absolute atomic E-state index is 0.124. The number of carbonyl (C=O) groups is 2. The number of rotatable bonds is 9. The summed E-state index contributed by atoms with van der Waals surface area (Å²) in [5.74, 6) is -1.92. The van der Waals surface area contributed by atoms with Crippen molar-refractivity contribution in [3.63, 3.8) is 0 Å². The number of aliphatic hydroxyl groups excluding tert-OH is 2. The molecule has 1 aliphatic rings. The molecule has 11 heteroatoms. The molecule has 0 aliphatic carbocycles. The van der Waals surface area contributed by atoms with E-state index in [1.807, 2.05) is 24.1 Å². The van der Waals surface area contributed by atoms with Crippen molar-refractivity contribution in [2.45, 2.75) is 32.0 Å². The molecule has 1 aromatic carbocycles. The van der Waals surface area contributed by atoms with Gasteiger partial charge in [-0.1, -0.05) is 0 Å². The molecule has 0 spiro atoms. The lowest BCUT2D eigenvalue weighted by molar-refractivity contribution is -0.151. The number of nitriles is 1. The lowest BCUT2D eigenvalue weighted by Crippen LogP contribution is -2.51. The van der Waals surface area contributed by atoms with Gasteiger partial charge in [0.2, 0.25) is 0 Å². The predicted molar refractivity (Wildman–Crippen MR) is 134 cm³/mol. The van der Waals surface area contributed by atoms with E-state index in [2.05, 4.69) is 10.3 Å². The summed E-state index contributed by atoms with van der Waals surface area (Å²) in [6, 6.07) is 6.14. The Bertz CT molecular complexity index is 989. The summed E-state index contributed by atoms with van der Waals surface area (Å²) in [5, 5.41) is 33.0. The number of likely N-dealkylation sites (N-methyl/N-ethyl adjacent to an activating group) is 1. The molecule has 2 unspecified atom stereocenters. The molecule has 0 bridgehead atoms. The van der Waals surface area contributed by atoms with Gasteiger partial charge in [-0.25, -0.2) is 4.39 Å². The minimum Gasteiger partial charge on any atom is -0.380 e. The Morgan fingerprint density at radius 3 is 2.69 bits per heavy atom. The molecule has 1 fully saturated rings. The number of thioether (sulfide) groups is 1. The van der Waals surface area contributed by atoms with Crippen LogP contribution < -0.4 is 10.2 Å². The second-order valence-electron chi connectivity index (χ2n) is 8.29. The Hall–Kier alpha value is -2.94. The van der Waals surface area contributed by atoms with Crippen molar-refractivity contribution in [3.05, 3.63) is 41.9 Å². The fourth-order valence-corrected chi connectivity index (χ4v) is 3.78. The van der Waals surface area contributed by atoms with Crippen molar-refractivity contribution in [2.75, 3.05) is 44.4 Å². The zero-order valence-corrected chi connectivity index (χ0v) is 21.0. The van der Waals surface area contributed by atoms with E-state index in [4.69, 9.17) is 0 Å². The third kappa shape index (κ3) is 8.35. The highest BCUT2D eigenvalue weighted by molar-refractivity contribution is 8.13. The summed E-state index contributed by atoms with van der Waals surface area (Å²) in [6.45, 7) is 3.55. The van der Waals surface area contributed by atoms with Gasteiger partial charge in [0, 0.05) is 39.4 Å². The summed E-state index contributed by atoms with van der Waals surface area (Å²) in [4.78, 5) is 32.0. The Morgan fingerprint density at radius 1 is 1.37 bits per heavy atom. The molecule has 1 aromatic rings. The first-order valence-electron chi connectivity index (χ1n) is 11.2. The van der Waals surface area contributed by atoms with Gasteiger partial charge in [-0.3, -0.25) is 14.6 Å². The van der Waals surface area contributed by atoms with Crippen LogP contribution in [-0.4, -0.2) is 83.7 Å². The average molecular weight is 506 g/mol. The molecule has 35 heavy (non-hydrogen) atoms. The number of amides is 2. The van der Waals surface area contributed by atoms with Gasteiger partial charge in [0.25, 0.3) is 11.8 Å². The van der Waals surface area contributed by atoms with E-state index in [-0.39, 0.29) is 24.6 Å². The number of carbonyl (C=O) groups excluding carboxylic acids is 2. The Labute approximate surface area is 209 Å². The van der Waals surface area contributed by atoms with Crippen molar-refractivity contribution < 1.29 is 24.2 Å². The largest absolute Gasteiger partial charge is 0.380 e. The molecule has 0 aromatic heterocycles. The molecule has 9 nitrogen and oxygen atoms in total. The Morgan fingerprint density at radius 2 is 2.06 bits per heavy atom. The van der Waals surface area contributed by atoms with Gasteiger partial charge in [-0.15, -0.1) is 11.8 Å². The number of nitrogens with zero attached hydrogens (tertiary/aromatic N) is 4. The molecule has 1 aliphatic heterocycles. The van der Waals surface area contributed by atoms with Crippen LogP contribution in [0.1, 0.15) is 25.3 Å². The number of nitrogens with one attached hydrogen (secondary N) is 1. The molecule has 190 valence electrons. The van der Waals surface area contributed by atoms with Gasteiger partial charge in [0.05, 0.1) is 16.3 Å². The highest BCUT2D eigenvalue weighted by Crippen LogP contribution is 2.26. The van der Waals surface area contributed by atoms with Crippen LogP contribution in [0.3, 0.4) is 0 Å². The molecule has 1 saturated heterocycles. The topological polar surface area (TPSA) is 129 Å². The van der Waals surface area contributed by atoms with Crippen molar-refractivity contribution in [1.82, 2.24) is 10.2 Å². The van der Waals surface area contributed by atoms with E-state index in [9.17, 15) is 29.5 Å². The number of benzene rings is 1. The van der Waals surface area contributed by atoms with Crippen LogP contribution in [0.25, 0.3) is 0 Å². The fourth-order valence-electron chi connectivity index (χ4n) is 3.61. The fraction of sp³-hybridized carbons (Fsp3) is 0.500. The van der Waals surface area contributed by atoms with E-state index >= 15 is 0 Å². The first-order chi connectivity index (χ1) is 16.7. The first kappa shape index (κ1) is 28.3. The predicted octanol–water partition coefficient (Wildman–Crippen LogP) is 1.51. The van der Waals surface area contributed by atoms with Crippen LogP contribution in [0.2, 0.25) is 0 Å². The highest BCUT2D eigenvalue weighted by atomic mass is 32.2. The summed E-state index contributed by atoms with van der Waals surface area (Å²) in [5.41, 5.74) is 0.959. The molecule has 1 heterocycles. The molecule has 0 radical (unpaired) electrons. The van der Waals surface area contributed by atoms with Gasteiger partial charge < -0.3 is 25.3 Å². The normalized spacial score (nSPS) is 16.6. The monoisotopic (exact) mass is 505 g/mol. The summed E-state index contributed by atoms with van der Waals surface area (Å²) in [7, 11) is 1.46. The van der Waals surface area contributed by atoms with Crippen molar-refractivity contribution in [3.8, 4) is 6.07 Å². The number of hydrogen-bond acceptors (Lipinski definition) is 8. The lowest BCUT2D eigenvalue weighted by Gasteiger charge is -2.34. The zero-order chi connectivity index (χ0) is 26.0. The molecule has 2 atom stereocenters. The quantitative estimate of drug-likeness (QED) is 0.343. The number of piperidine rings is 1. The van der Waals surface area contributed by atoms with Gasteiger partial charge in [-0.2, -0.15) is 5.26 Å². The maximum Gasteiger partial charge on any atom is 0.254 e.